The number of alkyl halides is 2. The lowest BCUT2D eigenvalue weighted by molar-refractivity contribution is -0.136. The molecule has 0 spiro atoms. The van der Waals surface area contributed by atoms with Crippen LogP contribution in [0.15, 0.2) is 42.5 Å². The largest absolute Gasteiger partial charge is 0.291 e. The Balaban J connectivity index is 1.87. The summed E-state index contributed by atoms with van der Waals surface area (Å²) in [6, 6.07) is 12.4. The number of ketones is 1. The van der Waals surface area contributed by atoms with Gasteiger partial charge in [-0.1, -0.05) is 36.4 Å². The number of hydrogen-bond donors (Lipinski definition) is 2. The molecule has 2 aromatic rings. The monoisotopic (exact) mass is 317 g/mol. The van der Waals surface area contributed by atoms with Crippen molar-refractivity contribution in [3.63, 3.8) is 0 Å². The summed E-state index contributed by atoms with van der Waals surface area (Å²) in [4.78, 5) is 22.9. The predicted octanol–water partition coefficient (Wildman–Crippen LogP) is 2.62. The highest BCUT2D eigenvalue weighted by Gasteiger charge is 2.35. The molecular formula is C17H13F2NO3. The summed E-state index contributed by atoms with van der Waals surface area (Å²) >= 11 is 0. The fraction of sp³-hybridized carbons (Fsp3) is 0.176. The Kier molecular flexibility index (Phi) is 3.92. The van der Waals surface area contributed by atoms with Crippen molar-refractivity contribution in [3.05, 3.63) is 59.2 Å². The van der Waals surface area contributed by atoms with E-state index in [0.717, 1.165) is 27.7 Å². The van der Waals surface area contributed by atoms with E-state index in [0.29, 0.717) is 6.42 Å². The van der Waals surface area contributed by atoms with Crippen LogP contribution in [0.4, 0.5) is 8.78 Å². The number of benzene rings is 2. The number of carbonyl (C=O) groups is 2. The summed E-state index contributed by atoms with van der Waals surface area (Å²) in [5, 5.41) is 8.32. The van der Waals surface area contributed by atoms with Crippen molar-refractivity contribution < 1.29 is 23.6 Å². The molecule has 1 amide bonds. The van der Waals surface area contributed by atoms with Gasteiger partial charge in [-0.3, -0.25) is 14.8 Å². The van der Waals surface area contributed by atoms with Crippen LogP contribution in [-0.2, 0) is 11.2 Å². The van der Waals surface area contributed by atoms with Gasteiger partial charge in [0.05, 0.1) is 0 Å². The minimum Gasteiger partial charge on any atom is -0.291 e. The van der Waals surface area contributed by atoms with Crippen LogP contribution in [-0.4, -0.2) is 29.2 Å². The summed E-state index contributed by atoms with van der Waals surface area (Å²) in [6.07, 6.45) is -4.80. The van der Waals surface area contributed by atoms with Crippen LogP contribution in [0.1, 0.15) is 21.5 Å². The molecule has 118 valence electrons. The van der Waals surface area contributed by atoms with Gasteiger partial charge in [-0.25, -0.2) is 14.3 Å². The first kappa shape index (κ1) is 15.3. The molecule has 0 radical (unpaired) electrons. The molecule has 0 heterocycles. The Hall–Kier alpha value is -2.60. The maximum absolute atomic E-state index is 13.8. The number of halogens is 2. The molecule has 1 aliphatic rings. The number of hydrogen-bond acceptors (Lipinski definition) is 3. The SMILES string of the molecule is O=C(NO)C(F)C(F)C(=O)c1ccc2c(c1)Cc1ccccc1-2. The first-order valence-electron chi connectivity index (χ1n) is 7.00. The molecular weight excluding hydrogens is 304 g/mol. The molecule has 2 atom stereocenters. The van der Waals surface area contributed by atoms with Gasteiger partial charge in [0.25, 0.3) is 5.91 Å². The number of hydroxylamine groups is 1. The molecule has 2 aromatic carbocycles. The van der Waals surface area contributed by atoms with E-state index in [9.17, 15) is 18.4 Å². The molecule has 0 aliphatic heterocycles. The van der Waals surface area contributed by atoms with Gasteiger partial charge >= 0.3 is 0 Å². The van der Waals surface area contributed by atoms with Crippen LogP contribution < -0.4 is 5.48 Å². The molecule has 0 bridgehead atoms. The van der Waals surface area contributed by atoms with E-state index in [1.807, 2.05) is 24.3 Å². The van der Waals surface area contributed by atoms with Gasteiger partial charge in [0.2, 0.25) is 18.1 Å². The topological polar surface area (TPSA) is 66.4 Å². The van der Waals surface area contributed by atoms with E-state index in [1.54, 1.807) is 6.07 Å². The third-order valence-electron chi connectivity index (χ3n) is 3.95. The minimum atomic E-state index is -2.75. The maximum Gasteiger partial charge on any atom is 0.281 e. The maximum atomic E-state index is 13.8. The van der Waals surface area contributed by atoms with Crippen molar-refractivity contribution in [3.8, 4) is 11.1 Å². The van der Waals surface area contributed by atoms with Gasteiger partial charge in [0, 0.05) is 5.56 Å². The molecule has 0 saturated heterocycles. The highest BCUT2D eigenvalue weighted by atomic mass is 19.2. The van der Waals surface area contributed by atoms with Crippen LogP contribution in [0.5, 0.6) is 0 Å². The summed E-state index contributed by atoms with van der Waals surface area (Å²) in [5.74, 6) is -2.71. The van der Waals surface area contributed by atoms with Crippen LogP contribution in [0.25, 0.3) is 11.1 Å². The van der Waals surface area contributed by atoms with Gasteiger partial charge in [-0.2, -0.15) is 0 Å². The van der Waals surface area contributed by atoms with Crippen LogP contribution >= 0.6 is 0 Å². The Bertz CT molecular complexity index is 791. The number of Topliss-reactive ketones (excluding diaryl/α,β-unsaturated/α-hetero) is 1. The minimum absolute atomic E-state index is 0.00236. The second-order valence-electron chi connectivity index (χ2n) is 5.35. The van der Waals surface area contributed by atoms with Crippen LogP contribution in [0.3, 0.4) is 0 Å². The first-order chi connectivity index (χ1) is 11.0. The Morgan fingerprint density at radius 3 is 2.43 bits per heavy atom. The molecule has 0 saturated carbocycles. The number of fused-ring (bicyclic) bond motifs is 3. The predicted molar refractivity (Wildman–Crippen MR) is 78.7 cm³/mol. The van der Waals surface area contributed by atoms with Gasteiger partial charge in [0.15, 0.2) is 0 Å². The summed E-state index contributed by atoms with van der Waals surface area (Å²) in [7, 11) is 0. The third kappa shape index (κ3) is 2.61. The zero-order chi connectivity index (χ0) is 16.6. The Labute approximate surface area is 130 Å². The number of rotatable bonds is 4. The fourth-order valence-corrected chi connectivity index (χ4v) is 2.79. The lowest BCUT2D eigenvalue weighted by atomic mass is 9.98. The average molecular weight is 317 g/mol. The van der Waals surface area contributed by atoms with Crippen molar-refractivity contribution in [1.29, 1.82) is 0 Å². The zero-order valence-electron chi connectivity index (χ0n) is 11.9. The molecule has 4 nitrogen and oxygen atoms in total. The summed E-state index contributed by atoms with van der Waals surface area (Å²) < 4.78 is 27.3. The number of nitrogens with one attached hydrogen (secondary N) is 1. The second-order valence-corrected chi connectivity index (χ2v) is 5.35. The molecule has 2 unspecified atom stereocenters. The molecule has 23 heavy (non-hydrogen) atoms. The van der Waals surface area contributed by atoms with Gasteiger partial charge < -0.3 is 0 Å². The van der Waals surface area contributed by atoms with Crippen molar-refractivity contribution in [1.82, 2.24) is 5.48 Å². The van der Waals surface area contributed by atoms with Gasteiger partial charge in [-0.05, 0) is 34.7 Å². The quantitative estimate of drug-likeness (QED) is 0.442. The summed E-state index contributed by atoms with van der Waals surface area (Å²) in [6.45, 7) is 0. The standard InChI is InChI=1S/C17H13F2NO3/c18-14(15(19)17(22)20-23)16(21)10-5-6-13-11(8-10)7-9-3-1-2-4-12(9)13/h1-6,8,14-15,23H,7H2,(H,20,22). The van der Waals surface area contributed by atoms with Crippen molar-refractivity contribution in [2.75, 3.05) is 0 Å². The normalized spacial score (nSPS) is 14.6. The van der Waals surface area contributed by atoms with E-state index < -0.39 is 24.0 Å². The zero-order valence-corrected chi connectivity index (χ0v) is 11.9. The van der Waals surface area contributed by atoms with Crippen molar-refractivity contribution >= 4 is 11.7 Å². The van der Waals surface area contributed by atoms with E-state index in [2.05, 4.69) is 0 Å². The number of amides is 1. The van der Waals surface area contributed by atoms with Crippen molar-refractivity contribution in [2.24, 2.45) is 0 Å². The number of carbonyl (C=O) groups excluding carboxylic acids is 2. The molecule has 0 fully saturated rings. The second kappa shape index (κ2) is 5.89. The van der Waals surface area contributed by atoms with Crippen LogP contribution in [0.2, 0.25) is 0 Å². The lowest BCUT2D eigenvalue weighted by Gasteiger charge is -2.11. The molecule has 2 N–H and O–H groups in total. The Morgan fingerprint density at radius 1 is 1.00 bits per heavy atom. The average Bonchev–Trinajstić information content (AvgIpc) is 2.96. The van der Waals surface area contributed by atoms with E-state index in [-0.39, 0.29) is 5.56 Å². The first-order valence-corrected chi connectivity index (χ1v) is 7.00. The lowest BCUT2D eigenvalue weighted by Crippen LogP contribution is -2.39. The smallest absolute Gasteiger partial charge is 0.281 e. The van der Waals surface area contributed by atoms with Crippen LogP contribution in [0, 0.1) is 0 Å². The molecule has 0 aromatic heterocycles. The molecule has 3 rings (SSSR count). The van der Waals surface area contributed by atoms with Gasteiger partial charge in [-0.15, -0.1) is 0 Å². The molecule has 6 heteroatoms. The summed E-state index contributed by atoms with van der Waals surface area (Å²) in [5.41, 5.74) is 4.97. The van der Waals surface area contributed by atoms with E-state index >= 15 is 0 Å². The third-order valence-corrected chi connectivity index (χ3v) is 3.95. The van der Waals surface area contributed by atoms with Gasteiger partial charge in [0.1, 0.15) is 0 Å². The highest BCUT2D eigenvalue weighted by molar-refractivity contribution is 6.03. The van der Waals surface area contributed by atoms with E-state index in [1.165, 1.54) is 12.1 Å². The van der Waals surface area contributed by atoms with Crippen molar-refractivity contribution in [2.45, 2.75) is 18.8 Å². The molecule has 1 aliphatic carbocycles. The fourth-order valence-electron chi connectivity index (χ4n) is 2.79. The highest BCUT2D eigenvalue weighted by Crippen LogP contribution is 2.36. The van der Waals surface area contributed by atoms with E-state index in [4.69, 9.17) is 5.21 Å². The Morgan fingerprint density at radius 2 is 1.70 bits per heavy atom.